The van der Waals surface area contributed by atoms with Crippen LogP contribution in [0, 0.1) is 0 Å². The van der Waals surface area contributed by atoms with E-state index in [0.717, 1.165) is 25.3 Å². The van der Waals surface area contributed by atoms with Crippen molar-refractivity contribution in [3.8, 4) is 17.2 Å². The van der Waals surface area contributed by atoms with Gasteiger partial charge in [0.25, 0.3) is 10.0 Å². The molecule has 2 aromatic carbocycles. The van der Waals surface area contributed by atoms with Crippen LogP contribution in [0.4, 0.5) is 5.69 Å². The van der Waals surface area contributed by atoms with E-state index < -0.39 is 10.0 Å². The first-order valence-electron chi connectivity index (χ1n) is 10.5. The highest BCUT2D eigenvalue weighted by Crippen LogP contribution is 2.40. The Labute approximate surface area is 204 Å². The minimum absolute atomic E-state index is 0.0171. The highest BCUT2D eigenvalue weighted by molar-refractivity contribution is 8.02. The second-order valence-corrected chi connectivity index (χ2v) is 11.1. The van der Waals surface area contributed by atoms with Crippen LogP contribution < -0.4 is 18.9 Å². The molecule has 1 unspecified atom stereocenters. The molecule has 4 rings (SSSR count). The largest absolute Gasteiger partial charge is 0.493 e. The van der Waals surface area contributed by atoms with Crippen LogP contribution in [0.1, 0.15) is 17.9 Å². The van der Waals surface area contributed by atoms with Gasteiger partial charge in [-0.25, -0.2) is 8.42 Å². The number of sulfonamides is 1. The lowest BCUT2D eigenvalue weighted by atomic mass is 10.0. The summed E-state index contributed by atoms with van der Waals surface area (Å²) in [5.41, 5.74) is 1.03. The number of methoxy groups -OCH3 is 2. The zero-order valence-electron chi connectivity index (χ0n) is 18.7. The lowest BCUT2D eigenvalue weighted by Crippen LogP contribution is -2.21. The van der Waals surface area contributed by atoms with Crippen molar-refractivity contribution in [2.24, 2.45) is 0 Å². The standard InChI is InChI=1S/C23H27ClN2O5S2/c1-26-8-6-17(13-26)31-20-10-16(4-5-19(20)24)25-33(27,28)23-12-22(30-3)21(29-2)11-18(23)15-7-9-32-14-15/h4-5,7,9-12,15,17,25H,6,8,13-14H2,1-3H3/t15?,17-/m1/s1. The summed E-state index contributed by atoms with van der Waals surface area (Å²) in [7, 11) is 1.11. The molecule has 0 spiro atoms. The Bertz CT molecular complexity index is 1160. The maximum Gasteiger partial charge on any atom is 0.262 e. The van der Waals surface area contributed by atoms with E-state index in [1.54, 1.807) is 36.0 Å². The zero-order valence-corrected chi connectivity index (χ0v) is 21.1. The van der Waals surface area contributed by atoms with Crippen LogP contribution in [-0.4, -0.2) is 59.5 Å². The number of nitrogens with zero attached hydrogens (tertiary/aromatic N) is 1. The summed E-state index contributed by atoms with van der Waals surface area (Å²) in [6, 6.07) is 8.14. The molecule has 2 aromatic rings. The molecule has 10 heteroatoms. The van der Waals surface area contributed by atoms with E-state index in [1.807, 2.05) is 18.5 Å². The van der Waals surface area contributed by atoms with Crippen molar-refractivity contribution in [2.45, 2.75) is 23.3 Å². The van der Waals surface area contributed by atoms with Crippen molar-refractivity contribution >= 4 is 39.1 Å². The third-order valence-electron chi connectivity index (χ3n) is 5.71. The molecule has 0 aliphatic carbocycles. The summed E-state index contributed by atoms with van der Waals surface area (Å²) in [4.78, 5) is 2.33. The van der Waals surface area contributed by atoms with Crippen molar-refractivity contribution in [2.75, 3.05) is 44.8 Å². The van der Waals surface area contributed by atoms with Crippen LogP contribution >= 0.6 is 23.4 Å². The van der Waals surface area contributed by atoms with Crippen LogP contribution in [0.25, 0.3) is 0 Å². The Hall–Kier alpha value is -2.07. The highest BCUT2D eigenvalue weighted by atomic mass is 35.5. The molecule has 1 saturated heterocycles. The summed E-state index contributed by atoms with van der Waals surface area (Å²) in [5.74, 6) is 2.00. The fraction of sp³-hybridized carbons (Fsp3) is 0.391. The zero-order chi connectivity index (χ0) is 23.6. The van der Waals surface area contributed by atoms with E-state index in [-0.39, 0.29) is 16.9 Å². The van der Waals surface area contributed by atoms with E-state index >= 15 is 0 Å². The lowest BCUT2D eigenvalue weighted by Gasteiger charge is -2.19. The van der Waals surface area contributed by atoms with Gasteiger partial charge in [0.1, 0.15) is 11.9 Å². The third kappa shape index (κ3) is 5.37. The van der Waals surface area contributed by atoms with E-state index in [9.17, 15) is 8.42 Å². The molecule has 0 saturated carbocycles. The molecule has 1 N–H and O–H groups in total. The maximum absolute atomic E-state index is 13.5. The van der Waals surface area contributed by atoms with Crippen molar-refractivity contribution in [3.63, 3.8) is 0 Å². The van der Waals surface area contributed by atoms with Crippen LogP contribution in [0.2, 0.25) is 5.02 Å². The molecule has 0 bridgehead atoms. The van der Waals surface area contributed by atoms with Crippen LogP contribution in [0.3, 0.4) is 0 Å². The molecule has 33 heavy (non-hydrogen) atoms. The molecular formula is C23H27ClN2O5S2. The average molecular weight is 511 g/mol. The second-order valence-electron chi connectivity index (χ2n) is 8.05. The third-order valence-corrected chi connectivity index (χ3v) is 8.36. The number of thioether (sulfide) groups is 1. The quantitative estimate of drug-likeness (QED) is 0.556. The van der Waals surface area contributed by atoms with Gasteiger partial charge in [0.05, 0.1) is 29.8 Å². The van der Waals surface area contributed by atoms with Crippen LogP contribution in [0.5, 0.6) is 17.2 Å². The Morgan fingerprint density at radius 2 is 1.88 bits per heavy atom. The van der Waals surface area contributed by atoms with E-state index in [0.29, 0.717) is 33.5 Å². The lowest BCUT2D eigenvalue weighted by molar-refractivity contribution is 0.208. The molecule has 178 valence electrons. The molecule has 2 heterocycles. The van der Waals surface area contributed by atoms with Gasteiger partial charge >= 0.3 is 0 Å². The first kappa shape index (κ1) is 24.1. The van der Waals surface area contributed by atoms with Gasteiger partial charge in [0.2, 0.25) is 0 Å². The van der Waals surface area contributed by atoms with Crippen molar-refractivity contribution in [3.05, 3.63) is 52.4 Å². The predicted molar refractivity (Wildman–Crippen MR) is 133 cm³/mol. The number of nitrogens with one attached hydrogen (secondary N) is 1. The van der Waals surface area contributed by atoms with Crippen molar-refractivity contribution in [1.82, 2.24) is 4.90 Å². The van der Waals surface area contributed by atoms with Gasteiger partial charge < -0.3 is 19.1 Å². The number of benzene rings is 2. The fourth-order valence-electron chi connectivity index (χ4n) is 3.99. The van der Waals surface area contributed by atoms with E-state index in [2.05, 4.69) is 9.62 Å². The van der Waals surface area contributed by atoms with Gasteiger partial charge in [-0.15, -0.1) is 11.8 Å². The van der Waals surface area contributed by atoms with Gasteiger partial charge in [-0.1, -0.05) is 17.7 Å². The first-order chi connectivity index (χ1) is 15.8. The Balaban J connectivity index is 1.66. The average Bonchev–Trinajstić information content (AvgIpc) is 3.47. The number of rotatable bonds is 8. The summed E-state index contributed by atoms with van der Waals surface area (Å²) < 4.78 is 46.6. The normalized spacial score (nSPS) is 20.7. The first-order valence-corrected chi connectivity index (χ1v) is 13.4. The Kier molecular flexibility index (Phi) is 7.33. The Morgan fingerprint density at radius 3 is 2.52 bits per heavy atom. The van der Waals surface area contributed by atoms with E-state index in [1.165, 1.54) is 20.3 Å². The molecule has 7 nitrogen and oxygen atoms in total. The molecule has 2 atom stereocenters. The number of allylic oxidation sites excluding steroid dienone is 1. The minimum atomic E-state index is -3.94. The number of likely N-dealkylation sites (tertiary alicyclic amines) is 1. The summed E-state index contributed by atoms with van der Waals surface area (Å²) in [6.45, 7) is 1.75. The van der Waals surface area contributed by atoms with Crippen LogP contribution in [0.15, 0.2) is 46.7 Å². The van der Waals surface area contributed by atoms with Gasteiger partial charge in [-0.05, 0) is 42.6 Å². The highest BCUT2D eigenvalue weighted by Gasteiger charge is 2.28. The van der Waals surface area contributed by atoms with Crippen molar-refractivity contribution in [1.29, 1.82) is 0 Å². The summed E-state index contributed by atoms with van der Waals surface area (Å²) in [6.07, 6.45) is 2.91. The number of ether oxygens (including phenoxy) is 3. The van der Waals surface area contributed by atoms with Gasteiger partial charge in [0.15, 0.2) is 11.5 Å². The van der Waals surface area contributed by atoms with Gasteiger partial charge in [-0.2, -0.15) is 0 Å². The number of hydrogen-bond donors (Lipinski definition) is 1. The minimum Gasteiger partial charge on any atom is -0.493 e. The molecular weight excluding hydrogens is 484 g/mol. The smallest absolute Gasteiger partial charge is 0.262 e. The van der Waals surface area contributed by atoms with Gasteiger partial charge in [0, 0.05) is 36.9 Å². The number of hydrogen-bond acceptors (Lipinski definition) is 7. The SMILES string of the molecule is COc1cc(C2C=CSC2)c(S(=O)(=O)Nc2ccc(Cl)c(O[C@@H]3CCN(C)C3)c2)cc1OC. The van der Waals surface area contributed by atoms with E-state index in [4.69, 9.17) is 25.8 Å². The second kappa shape index (κ2) is 10.0. The topological polar surface area (TPSA) is 77.1 Å². The number of anilines is 1. The number of likely N-dealkylation sites (N-methyl/N-ethyl adjacent to an activating group) is 1. The molecule has 2 aliphatic rings. The number of halogens is 1. The molecule has 0 aromatic heterocycles. The summed E-state index contributed by atoms with van der Waals surface area (Å²) in [5, 5.41) is 2.42. The molecule has 0 radical (unpaired) electrons. The summed E-state index contributed by atoms with van der Waals surface area (Å²) >= 11 is 7.97. The Morgan fingerprint density at radius 1 is 1.12 bits per heavy atom. The van der Waals surface area contributed by atoms with Crippen LogP contribution in [-0.2, 0) is 10.0 Å². The van der Waals surface area contributed by atoms with Gasteiger partial charge in [-0.3, -0.25) is 4.72 Å². The molecule has 1 fully saturated rings. The maximum atomic E-state index is 13.5. The predicted octanol–water partition coefficient (Wildman–Crippen LogP) is 4.59. The molecule has 0 amide bonds. The molecule has 2 aliphatic heterocycles. The monoisotopic (exact) mass is 510 g/mol. The van der Waals surface area contributed by atoms with Crippen molar-refractivity contribution < 1.29 is 22.6 Å². The fourth-order valence-corrected chi connectivity index (χ4v) is 6.40.